The van der Waals surface area contributed by atoms with Crippen molar-refractivity contribution < 1.29 is 14.1 Å². The fourth-order valence-corrected chi connectivity index (χ4v) is 2.93. The minimum absolute atomic E-state index is 0.146. The van der Waals surface area contributed by atoms with Gasteiger partial charge in [-0.3, -0.25) is 0 Å². The average molecular weight is 381 g/mol. The highest BCUT2D eigenvalue weighted by Gasteiger charge is 2.17. The summed E-state index contributed by atoms with van der Waals surface area (Å²) < 4.78 is 10.6. The van der Waals surface area contributed by atoms with Crippen LogP contribution in [0.1, 0.15) is 21.8 Å². The van der Waals surface area contributed by atoms with Gasteiger partial charge in [-0.15, -0.1) is 0 Å². The van der Waals surface area contributed by atoms with Gasteiger partial charge in [0.25, 0.3) is 5.89 Å². The number of benzene rings is 3. The Morgan fingerprint density at radius 2 is 1.62 bits per heavy atom. The highest BCUT2D eigenvalue weighted by Crippen LogP contribution is 2.27. The van der Waals surface area contributed by atoms with E-state index in [0.29, 0.717) is 28.1 Å². The summed E-state index contributed by atoms with van der Waals surface area (Å²) in [5, 5.41) is 13.3. The van der Waals surface area contributed by atoms with Gasteiger partial charge in [0.1, 0.15) is 0 Å². The van der Waals surface area contributed by atoms with E-state index in [1.54, 1.807) is 36.4 Å². The lowest BCUT2D eigenvalue weighted by Gasteiger charge is -2.10. The Hall–Kier alpha value is -4.24. The van der Waals surface area contributed by atoms with E-state index in [1.807, 2.05) is 42.5 Å². The molecular formula is C23H15N3O3. The number of aromatic nitrogens is 2. The maximum Gasteiger partial charge on any atom is 0.339 e. The van der Waals surface area contributed by atoms with E-state index in [4.69, 9.17) is 9.26 Å². The van der Waals surface area contributed by atoms with Crippen LogP contribution in [0.2, 0.25) is 0 Å². The average Bonchev–Trinajstić information content (AvgIpc) is 3.27. The molecule has 0 spiro atoms. The Kier molecular flexibility index (Phi) is 5.12. The van der Waals surface area contributed by atoms with E-state index in [9.17, 15) is 10.1 Å². The molecule has 3 aromatic carbocycles. The van der Waals surface area contributed by atoms with Crippen molar-refractivity contribution in [3.63, 3.8) is 0 Å². The molecule has 6 heteroatoms. The summed E-state index contributed by atoms with van der Waals surface area (Å²) in [7, 11) is 0. The van der Waals surface area contributed by atoms with Crippen molar-refractivity contribution in [3.05, 3.63) is 95.9 Å². The van der Waals surface area contributed by atoms with Gasteiger partial charge >= 0.3 is 5.97 Å². The van der Waals surface area contributed by atoms with Crippen LogP contribution in [0.4, 0.5) is 0 Å². The Balaban J connectivity index is 1.53. The van der Waals surface area contributed by atoms with Crippen molar-refractivity contribution >= 4 is 5.97 Å². The SMILES string of the molecule is N#Cc1ccccc1-c1ccccc1C(=O)OCc1nc(-c2ccccc2)no1. The van der Waals surface area contributed by atoms with Crippen LogP contribution in [0.3, 0.4) is 0 Å². The third kappa shape index (κ3) is 3.89. The second-order valence-electron chi connectivity index (χ2n) is 6.16. The molecule has 0 N–H and O–H groups in total. The fraction of sp³-hybridized carbons (Fsp3) is 0.0435. The zero-order valence-electron chi connectivity index (χ0n) is 15.3. The van der Waals surface area contributed by atoms with Crippen molar-refractivity contribution in [2.75, 3.05) is 0 Å². The van der Waals surface area contributed by atoms with Gasteiger partial charge in [-0.25, -0.2) is 4.79 Å². The molecule has 0 unspecified atom stereocenters. The van der Waals surface area contributed by atoms with Gasteiger partial charge in [0.2, 0.25) is 5.82 Å². The summed E-state index contributed by atoms with van der Waals surface area (Å²) in [6, 6.07) is 25.6. The molecule has 0 radical (unpaired) electrons. The lowest BCUT2D eigenvalue weighted by molar-refractivity contribution is 0.0430. The topological polar surface area (TPSA) is 89.0 Å². The molecule has 4 aromatic rings. The lowest BCUT2D eigenvalue weighted by Crippen LogP contribution is -2.07. The van der Waals surface area contributed by atoms with Gasteiger partial charge < -0.3 is 9.26 Å². The van der Waals surface area contributed by atoms with Gasteiger partial charge in [0, 0.05) is 11.1 Å². The minimum Gasteiger partial charge on any atom is -0.452 e. The van der Waals surface area contributed by atoms with E-state index in [-0.39, 0.29) is 12.5 Å². The molecule has 0 bridgehead atoms. The van der Waals surface area contributed by atoms with Crippen molar-refractivity contribution in [1.29, 1.82) is 5.26 Å². The van der Waals surface area contributed by atoms with Crippen LogP contribution in [-0.4, -0.2) is 16.1 Å². The summed E-state index contributed by atoms with van der Waals surface area (Å²) in [4.78, 5) is 16.9. The summed E-state index contributed by atoms with van der Waals surface area (Å²) >= 11 is 0. The third-order valence-corrected chi connectivity index (χ3v) is 4.31. The third-order valence-electron chi connectivity index (χ3n) is 4.31. The van der Waals surface area contributed by atoms with Crippen LogP contribution < -0.4 is 0 Å². The molecule has 0 atom stereocenters. The Bertz CT molecular complexity index is 1190. The molecule has 0 aliphatic carbocycles. The standard InChI is InChI=1S/C23H15N3O3/c24-14-17-10-4-5-11-18(17)19-12-6-7-13-20(19)23(27)28-15-21-25-22(26-29-21)16-8-2-1-3-9-16/h1-13H,15H2. The van der Waals surface area contributed by atoms with E-state index in [2.05, 4.69) is 16.2 Å². The first-order valence-electron chi connectivity index (χ1n) is 8.90. The van der Waals surface area contributed by atoms with Gasteiger partial charge in [-0.2, -0.15) is 10.2 Å². The molecule has 0 amide bonds. The summed E-state index contributed by atoms with van der Waals surface area (Å²) in [6.07, 6.45) is 0. The molecule has 0 aliphatic rings. The van der Waals surface area contributed by atoms with Crippen molar-refractivity contribution in [2.45, 2.75) is 6.61 Å². The zero-order chi connectivity index (χ0) is 20.1. The monoisotopic (exact) mass is 381 g/mol. The van der Waals surface area contributed by atoms with E-state index >= 15 is 0 Å². The first-order chi connectivity index (χ1) is 14.3. The molecule has 6 nitrogen and oxygen atoms in total. The smallest absolute Gasteiger partial charge is 0.339 e. The lowest BCUT2D eigenvalue weighted by atomic mass is 9.96. The van der Waals surface area contributed by atoms with Gasteiger partial charge in [-0.05, 0) is 17.7 Å². The van der Waals surface area contributed by atoms with Gasteiger partial charge in [0.15, 0.2) is 6.61 Å². The Morgan fingerprint density at radius 1 is 0.931 bits per heavy atom. The van der Waals surface area contributed by atoms with Crippen LogP contribution in [0.15, 0.2) is 83.4 Å². The fourth-order valence-electron chi connectivity index (χ4n) is 2.93. The molecule has 0 saturated heterocycles. The first kappa shape index (κ1) is 18.1. The molecular weight excluding hydrogens is 366 g/mol. The molecule has 1 heterocycles. The van der Waals surface area contributed by atoms with Crippen LogP contribution in [0.25, 0.3) is 22.5 Å². The second kappa shape index (κ2) is 8.19. The number of esters is 1. The predicted octanol–water partition coefficient (Wildman–Crippen LogP) is 4.63. The number of nitriles is 1. The van der Waals surface area contributed by atoms with E-state index < -0.39 is 5.97 Å². The number of ether oxygens (including phenoxy) is 1. The number of nitrogens with zero attached hydrogens (tertiary/aromatic N) is 3. The summed E-state index contributed by atoms with van der Waals surface area (Å²) in [6.45, 7) is -0.146. The first-order valence-corrected chi connectivity index (χ1v) is 8.90. The molecule has 4 rings (SSSR count). The van der Waals surface area contributed by atoms with E-state index in [1.165, 1.54) is 0 Å². The van der Waals surface area contributed by atoms with Crippen molar-refractivity contribution in [3.8, 4) is 28.6 Å². The van der Waals surface area contributed by atoms with Crippen LogP contribution in [-0.2, 0) is 11.3 Å². The maximum absolute atomic E-state index is 12.7. The molecule has 0 fully saturated rings. The maximum atomic E-state index is 12.7. The highest BCUT2D eigenvalue weighted by molar-refractivity contribution is 5.98. The molecule has 0 aliphatic heterocycles. The predicted molar refractivity (Wildman–Crippen MR) is 105 cm³/mol. The number of hydrogen-bond acceptors (Lipinski definition) is 6. The largest absolute Gasteiger partial charge is 0.452 e. The number of hydrogen-bond donors (Lipinski definition) is 0. The molecule has 1 aromatic heterocycles. The van der Waals surface area contributed by atoms with Crippen LogP contribution >= 0.6 is 0 Å². The van der Waals surface area contributed by atoms with Crippen LogP contribution in [0, 0.1) is 11.3 Å². The summed E-state index contributed by atoms with van der Waals surface area (Å²) in [5.41, 5.74) is 2.96. The normalized spacial score (nSPS) is 10.3. The highest BCUT2D eigenvalue weighted by atomic mass is 16.6. The van der Waals surface area contributed by atoms with E-state index in [0.717, 1.165) is 5.56 Å². The quantitative estimate of drug-likeness (QED) is 0.468. The zero-order valence-corrected chi connectivity index (χ0v) is 15.3. The summed E-state index contributed by atoms with van der Waals surface area (Å²) in [5.74, 6) is 0.0971. The Labute approximate surface area is 167 Å². The number of carbonyl (C=O) groups is 1. The second-order valence-corrected chi connectivity index (χ2v) is 6.16. The number of carbonyl (C=O) groups excluding carboxylic acids is 1. The Morgan fingerprint density at radius 3 is 2.41 bits per heavy atom. The molecule has 140 valence electrons. The molecule has 29 heavy (non-hydrogen) atoms. The van der Waals surface area contributed by atoms with Crippen LogP contribution in [0.5, 0.6) is 0 Å². The van der Waals surface area contributed by atoms with Crippen molar-refractivity contribution in [1.82, 2.24) is 10.1 Å². The van der Waals surface area contributed by atoms with Gasteiger partial charge in [0.05, 0.1) is 17.2 Å². The van der Waals surface area contributed by atoms with Gasteiger partial charge in [-0.1, -0.05) is 71.9 Å². The minimum atomic E-state index is -0.534. The number of rotatable bonds is 5. The van der Waals surface area contributed by atoms with Crippen molar-refractivity contribution in [2.24, 2.45) is 0 Å². The molecule has 0 saturated carbocycles.